The van der Waals surface area contributed by atoms with Crippen LogP contribution in [0, 0.1) is 6.92 Å². The van der Waals surface area contributed by atoms with E-state index < -0.39 is 0 Å². The number of rotatable bonds is 3. The average molecular weight is 292 g/mol. The minimum atomic E-state index is 0.716. The maximum atomic E-state index is 4.71. The summed E-state index contributed by atoms with van der Waals surface area (Å²) in [5.41, 5.74) is 3.79. The van der Waals surface area contributed by atoms with Gasteiger partial charge >= 0.3 is 0 Å². The third-order valence-corrected chi connectivity index (χ3v) is 3.74. The normalized spacial score (nSPS) is 11.5. The van der Waals surface area contributed by atoms with Gasteiger partial charge in [-0.25, -0.2) is 9.97 Å². The molecule has 110 valence electrons. The molecular formula is C16H16N6. The monoisotopic (exact) mass is 292 g/mol. The van der Waals surface area contributed by atoms with E-state index in [1.165, 1.54) is 5.56 Å². The van der Waals surface area contributed by atoms with E-state index in [-0.39, 0.29) is 0 Å². The summed E-state index contributed by atoms with van der Waals surface area (Å²) in [7, 11) is 0. The van der Waals surface area contributed by atoms with Gasteiger partial charge in [-0.2, -0.15) is 9.61 Å². The maximum absolute atomic E-state index is 4.71. The number of aryl methyl sites for hydroxylation is 2. The number of nitrogens with one attached hydrogen (secondary N) is 1. The first-order valence-corrected chi connectivity index (χ1v) is 7.42. The Morgan fingerprint density at radius 3 is 2.73 bits per heavy atom. The molecule has 3 heterocycles. The molecule has 4 rings (SSSR count). The topological polar surface area (TPSA) is 71.8 Å². The van der Waals surface area contributed by atoms with Gasteiger partial charge in [-0.05, 0) is 13.3 Å². The van der Waals surface area contributed by atoms with Crippen molar-refractivity contribution in [2.75, 3.05) is 0 Å². The van der Waals surface area contributed by atoms with Crippen molar-refractivity contribution in [1.82, 2.24) is 29.8 Å². The quantitative estimate of drug-likeness (QED) is 0.630. The van der Waals surface area contributed by atoms with Crippen molar-refractivity contribution in [3.8, 4) is 11.4 Å². The van der Waals surface area contributed by atoms with Crippen LogP contribution in [-0.4, -0.2) is 29.8 Å². The molecular weight excluding hydrogens is 276 g/mol. The number of hydrogen-bond acceptors (Lipinski definition) is 4. The van der Waals surface area contributed by atoms with Gasteiger partial charge in [0.1, 0.15) is 5.82 Å². The predicted molar refractivity (Wildman–Crippen MR) is 84.6 cm³/mol. The SMILES string of the molecule is CCCc1nc2[nH]ncc2c2nc(-c3ccc(C)cc3)nn12. The van der Waals surface area contributed by atoms with Crippen LogP contribution in [0.25, 0.3) is 28.1 Å². The first-order chi connectivity index (χ1) is 10.8. The Balaban J connectivity index is 1.98. The minimum absolute atomic E-state index is 0.716. The molecule has 0 aliphatic rings. The maximum Gasteiger partial charge on any atom is 0.182 e. The third kappa shape index (κ3) is 1.95. The molecule has 1 N–H and O–H groups in total. The number of nitrogens with zero attached hydrogens (tertiary/aromatic N) is 5. The van der Waals surface area contributed by atoms with Gasteiger partial charge in [0.25, 0.3) is 0 Å². The fourth-order valence-electron chi connectivity index (χ4n) is 2.58. The van der Waals surface area contributed by atoms with Crippen molar-refractivity contribution >= 4 is 16.7 Å². The molecule has 0 aliphatic heterocycles. The summed E-state index contributed by atoms with van der Waals surface area (Å²) in [6.45, 7) is 4.20. The van der Waals surface area contributed by atoms with Gasteiger partial charge in [0.05, 0.1) is 11.6 Å². The molecule has 0 unspecified atom stereocenters. The predicted octanol–water partition coefficient (Wildman–Crippen LogP) is 2.93. The van der Waals surface area contributed by atoms with Crippen LogP contribution < -0.4 is 0 Å². The van der Waals surface area contributed by atoms with Crippen molar-refractivity contribution in [1.29, 1.82) is 0 Å². The molecule has 0 saturated carbocycles. The Morgan fingerprint density at radius 1 is 1.14 bits per heavy atom. The van der Waals surface area contributed by atoms with Crippen LogP contribution in [0.4, 0.5) is 0 Å². The second-order valence-corrected chi connectivity index (χ2v) is 5.45. The van der Waals surface area contributed by atoms with Gasteiger partial charge in [0.15, 0.2) is 17.1 Å². The lowest BCUT2D eigenvalue weighted by molar-refractivity contribution is 0.769. The van der Waals surface area contributed by atoms with E-state index >= 15 is 0 Å². The van der Waals surface area contributed by atoms with Crippen LogP contribution in [0.3, 0.4) is 0 Å². The lowest BCUT2D eigenvalue weighted by atomic mass is 10.1. The molecule has 0 fully saturated rings. The molecule has 0 saturated heterocycles. The lowest BCUT2D eigenvalue weighted by Crippen LogP contribution is -2.02. The van der Waals surface area contributed by atoms with E-state index in [2.05, 4.69) is 46.3 Å². The fourth-order valence-corrected chi connectivity index (χ4v) is 2.58. The molecule has 0 aliphatic carbocycles. The minimum Gasteiger partial charge on any atom is -0.261 e. The summed E-state index contributed by atoms with van der Waals surface area (Å²) in [6, 6.07) is 8.23. The second kappa shape index (κ2) is 4.91. The largest absolute Gasteiger partial charge is 0.261 e. The zero-order chi connectivity index (χ0) is 15.1. The zero-order valence-corrected chi connectivity index (χ0v) is 12.5. The number of aromatic nitrogens is 6. The van der Waals surface area contributed by atoms with Gasteiger partial charge in [-0.3, -0.25) is 5.10 Å². The Hall–Kier alpha value is -2.76. The van der Waals surface area contributed by atoms with Gasteiger partial charge in [0, 0.05) is 12.0 Å². The molecule has 0 bridgehead atoms. The molecule has 0 amide bonds. The second-order valence-electron chi connectivity index (χ2n) is 5.45. The van der Waals surface area contributed by atoms with Gasteiger partial charge in [0.2, 0.25) is 0 Å². The van der Waals surface area contributed by atoms with Gasteiger partial charge in [-0.1, -0.05) is 36.8 Å². The van der Waals surface area contributed by atoms with Crippen molar-refractivity contribution in [2.24, 2.45) is 0 Å². The van der Waals surface area contributed by atoms with Gasteiger partial charge in [-0.15, -0.1) is 5.10 Å². The summed E-state index contributed by atoms with van der Waals surface area (Å²) in [4.78, 5) is 9.32. The van der Waals surface area contributed by atoms with E-state index in [0.717, 1.165) is 40.9 Å². The number of hydrogen-bond donors (Lipinski definition) is 1. The van der Waals surface area contributed by atoms with E-state index in [1.807, 2.05) is 16.6 Å². The van der Waals surface area contributed by atoms with Crippen LogP contribution in [-0.2, 0) is 6.42 Å². The Kier molecular flexibility index (Phi) is 2.89. The highest BCUT2D eigenvalue weighted by Gasteiger charge is 2.15. The summed E-state index contributed by atoms with van der Waals surface area (Å²) < 4.78 is 1.84. The molecule has 6 heteroatoms. The fraction of sp³-hybridized carbons (Fsp3) is 0.250. The Bertz CT molecular complexity index is 948. The highest BCUT2D eigenvalue weighted by Crippen LogP contribution is 2.22. The van der Waals surface area contributed by atoms with Gasteiger partial charge < -0.3 is 0 Å². The van der Waals surface area contributed by atoms with Crippen LogP contribution in [0.2, 0.25) is 0 Å². The Labute approximate surface area is 127 Å². The smallest absolute Gasteiger partial charge is 0.182 e. The van der Waals surface area contributed by atoms with E-state index in [0.29, 0.717) is 5.82 Å². The average Bonchev–Trinajstić information content (AvgIpc) is 3.14. The van der Waals surface area contributed by atoms with Crippen LogP contribution in [0.1, 0.15) is 24.7 Å². The first-order valence-electron chi connectivity index (χ1n) is 7.42. The van der Waals surface area contributed by atoms with Crippen molar-refractivity contribution in [3.63, 3.8) is 0 Å². The molecule has 1 aromatic carbocycles. The zero-order valence-electron chi connectivity index (χ0n) is 12.5. The van der Waals surface area contributed by atoms with Crippen LogP contribution in [0.5, 0.6) is 0 Å². The molecule has 6 nitrogen and oxygen atoms in total. The molecule has 4 aromatic rings. The molecule has 3 aromatic heterocycles. The summed E-state index contributed by atoms with van der Waals surface area (Å²) in [5, 5.41) is 12.6. The number of aromatic amines is 1. The molecule has 0 spiro atoms. The summed E-state index contributed by atoms with van der Waals surface area (Å²) >= 11 is 0. The Morgan fingerprint density at radius 2 is 1.95 bits per heavy atom. The highest BCUT2D eigenvalue weighted by atomic mass is 15.3. The molecule has 0 radical (unpaired) electrons. The third-order valence-electron chi connectivity index (χ3n) is 3.74. The number of benzene rings is 1. The standard InChI is InChI=1S/C16H16N6/c1-3-4-13-18-15-12(9-17-20-15)16-19-14(21-22(13)16)11-7-5-10(2)6-8-11/h5-9H,3-4H2,1-2H3,(H,17,20). The van der Waals surface area contributed by atoms with E-state index in [1.54, 1.807) is 6.20 Å². The lowest BCUT2D eigenvalue weighted by Gasteiger charge is -2.01. The number of H-pyrrole nitrogens is 1. The molecule has 0 atom stereocenters. The molecule has 22 heavy (non-hydrogen) atoms. The van der Waals surface area contributed by atoms with Crippen molar-refractivity contribution in [2.45, 2.75) is 26.7 Å². The highest BCUT2D eigenvalue weighted by molar-refractivity contribution is 5.88. The van der Waals surface area contributed by atoms with E-state index in [4.69, 9.17) is 4.98 Å². The van der Waals surface area contributed by atoms with Crippen LogP contribution in [0.15, 0.2) is 30.5 Å². The summed E-state index contributed by atoms with van der Waals surface area (Å²) in [5.74, 6) is 1.62. The summed E-state index contributed by atoms with van der Waals surface area (Å²) in [6.07, 6.45) is 3.60. The first kappa shape index (κ1) is 12.9. The van der Waals surface area contributed by atoms with Crippen molar-refractivity contribution < 1.29 is 0 Å². The van der Waals surface area contributed by atoms with E-state index in [9.17, 15) is 0 Å². The van der Waals surface area contributed by atoms with Crippen molar-refractivity contribution in [3.05, 3.63) is 41.9 Å². The number of fused-ring (bicyclic) bond motifs is 3. The van der Waals surface area contributed by atoms with Crippen LogP contribution >= 0.6 is 0 Å².